The van der Waals surface area contributed by atoms with E-state index in [1.165, 1.54) is 12.1 Å². The summed E-state index contributed by atoms with van der Waals surface area (Å²) < 4.78 is 44.6. The Labute approximate surface area is 84.1 Å². The lowest BCUT2D eigenvalue weighted by Gasteiger charge is -2.19. The molecule has 0 heteroatoms. The molecule has 0 nitrogen and oxygen atoms in total. The van der Waals surface area contributed by atoms with E-state index in [2.05, 4.69) is 0 Å². The zero-order valence-corrected chi connectivity index (χ0v) is 7.73. The molecule has 12 heavy (non-hydrogen) atoms. The summed E-state index contributed by atoms with van der Waals surface area (Å²) in [5, 5.41) is 0. The maximum absolute atomic E-state index is 7.48. The van der Waals surface area contributed by atoms with Gasteiger partial charge in [0.25, 0.3) is 0 Å². The molecule has 0 aliphatic heterocycles. The quantitative estimate of drug-likeness (QED) is 0.555. The van der Waals surface area contributed by atoms with Gasteiger partial charge in [0, 0.05) is 8.22 Å². The van der Waals surface area contributed by atoms with Gasteiger partial charge in [-0.15, -0.1) is 0 Å². The first-order chi connectivity index (χ1) is 7.83. The van der Waals surface area contributed by atoms with Crippen molar-refractivity contribution >= 4 is 0 Å². The fourth-order valence-corrected chi connectivity index (χ4v) is 1.01. The highest BCUT2D eigenvalue weighted by atomic mass is 14.2. The van der Waals surface area contributed by atoms with E-state index in [1.807, 2.05) is 20.8 Å². The summed E-state index contributed by atoms with van der Waals surface area (Å²) in [5.41, 5.74) is 0.444. The van der Waals surface area contributed by atoms with Gasteiger partial charge >= 0.3 is 0 Å². The predicted octanol–water partition coefficient (Wildman–Crippen LogP) is 3.60. The Morgan fingerprint density at radius 1 is 1.08 bits per heavy atom. The van der Waals surface area contributed by atoms with Gasteiger partial charge in [0.05, 0.1) is 0 Å². The van der Waals surface area contributed by atoms with Crippen molar-refractivity contribution in [2.24, 2.45) is 0 Å². The third-order valence-corrected chi connectivity index (χ3v) is 1.89. The second-order valence-electron chi connectivity index (χ2n) is 4.01. The molecule has 1 aromatic carbocycles. The molecule has 0 radical (unpaired) electrons. The number of hydrogen-bond acceptors (Lipinski definition) is 0. The van der Waals surface area contributed by atoms with Crippen LogP contribution in [0.25, 0.3) is 0 Å². The lowest BCUT2D eigenvalue weighted by atomic mass is 9.85. The van der Waals surface area contributed by atoms with Crippen LogP contribution >= 0.6 is 0 Å². The summed E-state index contributed by atoms with van der Waals surface area (Å²) in [7, 11) is 0. The van der Waals surface area contributed by atoms with Gasteiger partial charge in [0.1, 0.15) is 0 Å². The molecule has 0 aliphatic carbocycles. The topological polar surface area (TPSA) is 0 Å². The molecule has 0 N–H and O–H groups in total. The molecular formula is C12H18. The molecule has 0 unspecified atom stereocenters. The zero-order valence-electron chi connectivity index (χ0n) is 13.7. The van der Waals surface area contributed by atoms with Gasteiger partial charge < -0.3 is 0 Å². The van der Waals surface area contributed by atoms with E-state index in [0.717, 1.165) is 5.56 Å². The number of rotatable bonds is 0. The summed E-state index contributed by atoms with van der Waals surface area (Å²) in [6.07, 6.45) is 0. The third-order valence-electron chi connectivity index (χ3n) is 1.89. The highest BCUT2D eigenvalue weighted by Crippen LogP contribution is 2.23. The Morgan fingerprint density at radius 3 is 2.25 bits per heavy atom. The standard InChI is InChI=1S/C12H18/c1-9-6-7-11(8-10(9)2)12(3,4)5/h6-8H,1-5H3/i1D3,2D3. The normalized spacial score (nSPS) is 21.2. The molecule has 0 saturated carbocycles. The van der Waals surface area contributed by atoms with Crippen LogP contribution in [-0.2, 0) is 5.41 Å². The van der Waals surface area contributed by atoms with Crippen molar-refractivity contribution in [3.8, 4) is 0 Å². The smallest absolute Gasteiger partial charge is 0.0280 e. The summed E-state index contributed by atoms with van der Waals surface area (Å²) >= 11 is 0. The van der Waals surface area contributed by atoms with E-state index in [-0.39, 0.29) is 16.5 Å². The van der Waals surface area contributed by atoms with E-state index < -0.39 is 13.7 Å². The Balaban J connectivity index is 3.50. The molecule has 1 rings (SSSR count). The van der Waals surface area contributed by atoms with Gasteiger partial charge in [0.2, 0.25) is 0 Å². The maximum Gasteiger partial charge on any atom is 0.0280 e. The molecule has 0 saturated heterocycles. The summed E-state index contributed by atoms with van der Waals surface area (Å²) in [6.45, 7) is 1.06. The molecular weight excluding hydrogens is 144 g/mol. The van der Waals surface area contributed by atoms with E-state index in [0.29, 0.717) is 0 Å². The SMILES string of the molecule is [2H]C([2H])([2H])c1ccc(C(C)(C)C)cc1C([2H])([2H])[2H]. The summed E-state index contributed by atoms with van der Waals surface area (Å²) in [4.78, 5) is 0. The summed E-state index contributed by atoms with van der Waals surface area (Å²) in [5.74, 6) is 0. The molecule has 0 spiro atoms. The first-order valence-corrected chi connectivity index (χ1v) is 3.99. The number of benzene rings is 1. The van der Waals surface area contributed by atoms with E-state index in [4.69, 9.17) is 8.22 Å². The van der Waals surface area contributed by atoms with Crippen LogP contribution in [-0.4, -0.2) is 0 Å². The van der Waals surface area contributed by atoms with Crippen molar-refractivity contribution in [2.75, 3.05) is 0 Å². The highest BCUT2D eigenvalue weighted by molar-refractivity contribution is 5.33. The Bertz CT molecular complexity index is 433. The minimum atomic E-state index is -2.41. The number of aryl methyl sites for hydroxylation is 2. The van der Waals surface area contributed by atoms with Crippen molar-refractivity contribution in [1.29, 1.82) is 0 Å². The Kier molecular flexibility index (Phi) is 0.965. The van der Waals surface area contributed by atoms with Crippen molar-refractivity contribution < 1.29 is 8.22 Å². The van der Waals surface area contributed by atoms with E-state index >= 15 is 0 Å². The van der Waals surface area contributed by atoms with E-state index in [9.17, 15) is 0 Å². The lowest BCUT2D eigenvalue weighted by Crippen LogP contribution is -2.11. The molecule has 0 atom stereocenters. The van der Waals surface area contributed by atoms with Gasteiger partial charge in [-0.05, 0) is 35.8 Å². The molecule has 0 fully saturated rings. The fourth-order valence-electron chi connectivity index (χ4n) is 1.01. The average molecular weight is 168 g/mol. The average Bonchev–Trinajstić information content (AvgIpc) is 2.12. The van der Waals surface area contributed by atoms with Crippen molar-refractivity contribution in [2.45, 2.75) is 39.9 Å². The van der Waals surface area contributed by atoms with Crippen LogP contribution in [0, 0.1) is 13.7 Å². The van der Waals surface area contributed by atoms with Crippen LogP contribution in [0.15, 0.2) is 18.2 Å². The minimum absolute atomic E-state index is 0.0741. The van der Waals surface area contributed by atoms with Crippen LogP contribution in [0.1, 0.15) is 45.7 Å². The van der Waals surface area contributed by atoms with Gasteiger partial charge in [-0.3, -0.25) is 0 Å². The Morgan fingerprint density at radius 2 is 1.75 bits per heavy atom. The zero-order chi connectivity index (χ0) is 14.4. The second-order valence-corrected chi connectivity index (χ2v) is 4.01. The van der Waals surface area contributed by atoms with E-state index in [1.54, 1.807) is 6.07 Å². The summed E-state index contributed by atoms with van der Waals surface area (Å²) in [6, 6.07) is 4.60. The van der Waals surface area contributed by atoms with Gasteiger partial charge in [-0.2, -0.15) is 0 Å². The van der Waals surface area contributed by atoms with Gasteiger partial charge in [0.15, 0.2) is 0 Å². The monoisotopic (exact) mass is 168 g/mol. The first kappa shape index (κ1) is 3.95. The molecule has 66 valence electrons. The number of hydrogen-bond donors (Lipinski definition) is 0. The largest absolute Gasteiger partial charge is 0.0588 e. The molecule has 0 aliphatic rings. The van der Waals surface area contributed by atoms with Crippen molar-refractivity contribution in [1.82, 2.24) is 0 Å². The highest BCUT2D eigenvalue weighted by Gasteiger charge is 2.13. The minimum Gasteiger partial charge on any atom is -0.0588 e. The van der Waals surface area contributed by atoms with Gasteiger partial charge in [-0.1, -0.05) is 39.0 Å². The third kappa shape index (κ3) is 1.88. The molecule has 0 bridgehead atoms. The van der Waals surface area contributed by atoms with Gasteiger partial charge in [-0.25, -0.2) is 0 Å². The molecule has 0 heterocycles. The fraction of sp³-hybridized carbons (Fsp3) is 0.500. The molecule has 0 amide bonds. The lowest BCUT2D eigenvalue weighted by molar-refractivity contribution is 0.589. The Hall–Kier alpha value is -0.780. The van der Waals surface area contributed by atoms with Crippen LogP contribution < -0.4 is 0 Å². The first-order valence-electron chi connectivity index (χ1n) is 6.99. The second kappa shape index (κ2) is 2.93. The van der Waals surface area contributed by atoms with Crippen LogP contribution in [0.5, 0.6) is 0 Å². The maximum atomic E-state index is 7.48. The van der Waals surface area contributed by atoms with Crippen molar-refractivity contribution in [3.05, 3.63) is 34.9 Å². The van der Waals surface area contributed by atoms with Crippen LogP contribution in [0.4, 0.5) is 0 Å². The molecule has 1 aromatic rings. The van der Waals surface area contributed by atoms with Crippen molar-refractivity contribution in [3.63, 3.8) is 0 Å². The van der Waals surface area contributed by atoms with Crippen LogP contribution in [0.2, 0.25) is 0 Å². The molecule has 0 aromatic heterocycles. The van der Waals surface area contributed by atoms with Crippen LogP contribution in [0.3, 0.4) is 0 Å². The predicted molar refractivity (Wildman–Crippen MR) is 54.6 cm³/mol.